The van der Waals surface area contributed by atoms with Crippen molar-refractivity contribution in [3.8, 4) is 0 Å². The zero-order valence-electron chi connectivity index (χ0n) is 12.3. The topological polar surface area (TPSA) is 49.0 Å². The Morgan fingerprint density at radius 2 is 2.00 bits per heavy atom. The lowest BCUT2D eigenvalue weighted by Crippen LogP contribution is -2.40. The normalized spacial score (nSPS) is 17.7. The van der Waals surface area contributed by atoms with Crippen LogP contribution in [-0.4, -0.2) is 33.9 Å². The average Bonchev–Trinajstić information content (AvgIpc) is 3.09. The Bertz CT molecular complexity index is 571. The number of piperidine rings is 1. The van der Waals surface area contributed by atoms with Crippen LogP contribution >= 0.6 is 0 Å². The van der Waals surface area contributed by atoms with E-state index in [2.05, 4.69) is 9.97 Å². The van der Waals surface area contributed by atoms with Crippen molar-refractivity contribution in [2.45, 2.75) is 31.6 Å². The molecule has 0 spiro atoms. The molecule has 1 aliphatic heterocycles. The molecule has 1 aromatic carbocycles. The maximum absolute atomic E-state index is 12.6. The van der Waals surface area contributed by atoms with Gasteiger partial charge in [-0.1, -0.05) is 30.3 Å². The van der Waals surface area contributed by atoms with Crippen LogP contribution in [0.2, 0.25) is 0 Å². The maximum atomic E-state index is 12.6. The van der Waals surface area contributed by atoms with Crippen molar-refractivity contribution >= 4 is 5.91 Å². The summed E-state index contributed by atoms with van der Waals surface area (Å²) < 4.78 is 0. The van der Waals surface area contributed by atoms with Gasteiger partial charge < -0.3 is 9.88 Å². The first kappa shape index (κ1) is 13.9. The molecule has 110 valence electrons. The van der Waals surface area contributed by atoms with E-state index in [1.54, 1.807) is 6.33 Å². The summed E-state index contributed by atoms with van der Waals surface area (Å²) in [4.78, 5) is 21.9. The minimum Gasteiger partial charge on any atom is -0.351 e. The molecule has 0 bridgehead atoms. The van der Waals surface area contributed by atoms with Crippen molar-refractivity contribution in [3.05, 3.63) is 54.1 Å². The third-order valence-electron chi connectivity index (χ3n) is 4.41. The number of nitrogens with zero attached hydrogens (tertiary/aromatic N) is 2. The molecule has 0 aliphatic carbocycles. The molecule has 4 nitrogen and oxygen atoms in total. The van der Waals surface area contributed by atoms with E-state index in [9.17, 15) is 4.79 Å². The molecule has 1 aromatic heterocycles. The van der Waals surface area contributed by atoms with Gasteiger partial charge >= 0.3 is 0 Å². The zero-order chi connectivity index (χ0) is 14.7. The summed E-state index contributed by atoms with van der Waals surface area (Å²) in [5.41, 5.74) is 2.22. The van der Waals surface area contributed by atoms with E-state index in [1.165, 1.54) is 0 Å². The highest BCUT2D eigenvalue weighted by Gasteiger charge is 2.27. The van der Waals surface area contributed by atoms with Gasteiger partial charge in [-0.2, -0.15) is 0 Å². The Labute approximate surface area is 125 Å². The summed E-state index contributed by atoms with van der Waals surface area (Å²) in [6, 6.07) is 10.0. The van der Waals surface area contributed by atoms with Crippen LogP contribution in [0.4, 0.5) is 0 Å². The van der Waals surface area contributed by atoms with Gasteiger partial charge in [0, 0.05) is 25.2 Å². The second kappa shape index (κ2) is 6.12. The molecule has 3 rings (SSSR count). The van der Waals surface area contributed by atoms with Gasteiger partial charge in [0.05, 0.1) is 17.9 Å². The number of amides is 1. The number of carbonyl (C=O) groups is 1. The molecule has 0 saturated carbocycles. The average molecular weight is 283 g/mol. The number of H-pyrrole nitrogens is 1. The lowest BCUT2D eigenvalue weighted by Gasteiger charge is -2.33. The van der Waals surface area contributed by atoms with Gasteiger partial charge in [0.15, 0.2) is 0 Å². The highest BCUT2D eigenvalue weighted by molar-refractivity contribution is 5.83. The second-order valence-corrected chi connectivity index (χ2v) is 5.73. The van der Waals surface area contributed by atoms with Crippen molar-refractivity contribution in [1.82, 2.24) is 14.9 Å². The van der Waals surface area contributed by atoms with Crippen molar-refractivity contribution in [3.63, 3.8) is 0 Å². The molecule has 21 heavy (non-hydrogen) atoms. The first-order valence-corrected chi connectivity index (χ1v) is 7.58. The third kappa shape index (κ3) is 2.99. The van der Waals surface area contributed by atoms with E-state index in [4.69, 9.17) is 0 Å². The van der Waals surface area contributed by atoms with Gasteiger partial charge in [0.2, 0.25) is 5.91 Å². The summed E-state index contributed by atoms with van der Waals surface area (Å²) >= 11 is 0. The Balaban J connectivity index is 1.60. The van der Waals surface area contributed by atoms with Crippen LogP contribution in [0.3, 0.4) is 0 Å². The Kier molecular flexibility index (Phi) is 4.04. The number of rotatable bonds is 3. The number of carbonyl (C=O) groups excluding carboxylic acids is 1. The van der Waals surface area contributed by atoms with Crippen LogP contribution in [0, 0.1) is 0 Å². The van der Waals surface area contributed by atoms with E-state index in [0.717, 1.165) is 37.2 Å². The molecular formula is C17H21N3O. The number of aromatic amines is 1. The van der Waals surface area contributed by atoms with Crippen LogP contribution in [0.5, 0.6) is 0 Å². The summed E-state index contributed by atoms with van der Waals surface area (Å²) in [5.74, 6) is 0.655. The van der Waals surface area contributed by atoms with Gasteiger partial charge in [-0.3, -0.25) is 4.79 Å². The first-order valence-electron chi connectivity index (χ1n) is 7.58. The fourth-order valence-electron chi connectivity index (χ4n) is 3.05. The van der Waals surface area contributed by atoms with Crippen molar-refractivity contribution in [2.75, 3.05) is 13.1 Å². The van der Waals surface area contributed by atoms with Crippen LogP contribution in [0.1, 0.15) is 42.9 Å². The van der Waals surface area contributed by atoms with E-state index in [0.29, 0.717) is 5.92 Å². The molecule has 4 heteroatoms. The maximum Gasteiger partial charge on any atom is 0.229 e. The number of benzene rings is 1. The molecule has 1 amide bonds. The first-order chi connectivity index (χ1) is 10.3. The SMILES string of the molecule is CC(C(=O)N1CCC(c2c[nH]cn2)CC1)c1ccccc1. The van der Waals surface area contributed by atoms with Crippen molar-refractivity contribution in [1.29, 1.82) is 0 Å². The summed E-state index contributed by atoms with van der Waals surface area (Å²) in [6.07, 6.45) is 5.69. The lowest BCUT2D eigenvalue weighted by molar-refractivity contribution is -0.133. The molecule has 0 radical (unpaired) electrons. The highest BCUT2D eigenvalue weighted by Crippen LogP contribution is 2.28. The quantitative estimate of drug-likeness (QED) is 0.941. The largest absolute Gasteiger partial charge is 0.351 e. The smallest absolute Gasteiger partial charge is 0.229 e. The number of hydrogen-bond donors (Lipinski definition) is 1. The lowest BCUT2D eigenvalue weighted by atomic mass is 9.92. The highest BCUT2D eigenvalue weighted by atomic mass is 16.2. The Morgan fingerprint density at radius 3 is 2.62 bits per heavy atom. The number of imidazole rings is 1. The van der Waals surface area contributed by atoms with Gasteiger partial charge in [0.1, 0.15) is 0 Å². The number of hydrogen-bond acceptors (Lipinski definition) is 2. The molecule has 1 aliphatic rings. The molecule has 2 heterocycles. The van der Waals surface area contributed by atoms with E-state index < -0.39 is 0 Å². The van der Waals surface area contributed by atoms with Crippen LogP contribution in [-0.2, 0) is 4.79 Å². The zero-order valence-corrected chi connectivity index (χ0v) is 12.3. The van der Waals surface area contributed by atoms with Crippen LogP contribution < -0.4 is 0 Å². The number of nitrogens with one attached hydrogen (secondary N) is 1. The molecule has 1 unspecified atom stereocenters. The van der Waals surface area contributed by atoms with Crippen molar-refractivity contribution in [2.24, 2.45) is 0 Å². The number of likely N-dealkylation sites (tertiary alicyclic amines) is 1. The van der Waals surface area contributed by atoms with Gasteiger partial charge in [-0.15, -0.1) is 0 Å². The standard InChI is InChI=1S/C17H21N3O/c1-13(14-5-3-2-4-6-14)17(21)20-9-7-15(8-10-20)16-11-18-12-19-16/h2-6,11-13,15H,7-10H2,1H3,(H,18,19). The second-order valence-electron chi connectivity index (χ2n) is 5.73. The van der Waals surface area contributed by atoms with Gasteiger partial charge in [-0.05, 0) is 25.3 Å². The van der Waals surface area contributed by atoms with E-state index in [-0.39, 0.29) is 11.8 Å². The number of aromatic nitrogens is 2. The Morgan fingerprint density at radius 1 is 1.29 bits per heavy atom. The van der Waals surface area contributed by atoms with Crippen molar-refractivity contribution < 1.29 is 4.79 Å². The van der Waals surface area contributed by atoms with Gasteiger partial charge in [0.25, 0.3) is 0 Å². The molecule has 1 N–H and O–H groups in total. The predicted molar refractivity (Wildman–Crippen MR) is 82.0 cm³/mol. The predicted octanol–water partition coefficient (Wildman–Crippen LogP) is 2.92. The fourth-order valence-corrected chi connectivity index (χ4v) is 3.05. The molecular weight excluding hydrogens is 262 g/mol. The molecule has 1 atom stereocenters. The molecule has 2 aromatic rings. The van der Waals surface area contributed by atoms with Crippen LogP contribution in [0.15, 0.2) is 42.9 Å². The Hall–Kier alpha value is -2.10. The monoisotopic (exact) mass is 283 g/mol. The van der Waals surface area contributed by atoms with E-state index >= 15 is 0 Å². The minimum atomic E-state index is -0.0619. The van der Waals surface area contributed by atoms with Crippen LogP contribution in [0.25, 0.3) is 0 Å². The molecule has 1 saturated heterocycles. The minimum absolute atomic E-state index is 0.0619. The summed E-state index contributed by atoms with van der Waals surface area (Å²) in [7, 11) is 0. The fraction of sp³-hybridized carbons (Fsp3) is 0.412. The summed E-state index contributed by atoms with van der Waals surface area (Å²) in [5, 5.41) is 0. The molecule has 1 fully saturated rings. The third-order valence-corrected chi connectivity index (χ3v) is 4.41. The van der Waals surface area contributed by atoms with E-state index in [1.807, 2.05) is 48.4 Å². The summed E-state index contributed by atoms with van der Waals surface area (Å²) in [6.45, 7) is 3.65. The van der Waals surface area contributed by atoms with Gasteiger partial charge in [-0.25, -0.2) is 4.98 Å².